The summed E-state index contributed by atoms with van der Waals surface area (Å²) in [6.45, 7) is 0.240. The van der Waals surface area contributed by atoms with Crippen molar-refractivity contribution >= 4 is 22.6 Å². The van der Waals surface area contributed by atoms with E-state index >= 15 is 0 Å². The van der Waals surface area contributed by atoms with Gasteiger partial charge in [-0.25, -0.2) is 4.98 Å². The number of nitrogens with zero attached hydrogens (tertiary/aromatic N) is 2. The van der Waals surface area contributed by atoms with E-state index in [9.17, 15) is 10.1 Å². The summed E-state index contributed by atoms with van der Waals surface area (Å²) in [6.07, 6.45) is 0. The number of para-hydroxylation sites is 3. The van der Waals surface area contributed by atoms with E-state index in [1.165, 1.54) is 0 Å². The molecule has 0 atom stereocenters. The third-order valence-electron chi connectivity index (χ3n) is 5.45. The van der Waals surface area contributed by atoms with E-state index in [-0.39, 0.29) is 12.5 Å². The maximum absolute atomic E-state index is 13.1. The highest BCUT2D eigenvalue weighted by Crippen LogP contribution is 2.28. The van der Waals surface area contributed by atoms with Crippen LogP contribution in [-0.4, -0.2) is 15.9 Å². The van der Waals surface area contributed by atoms with Gasteiger partial charge in [-0.3, -0.25) is 4.79 Å². The Morgan fingerprint density at radius 1 is 0.941 bits per heavy atom. The summed E-state index contributed by atoms with van der Waals surface area (Å²) in [5.41, 5.74) is 5.07. The van der Waals surface area contributed by atoms with Crippen LogP contribution in [0.1, 0.15) is 21.5 Å². The molecule has 0 bridgehead atoms. The lowest BCUT2D eigenvalue weighted by atomic mass is 10.1. The number of fused-ring (bicyclic) bond motifs is 1. The molecule has 5 aromatic rings. The van der Waals surface area contributed by atoms with Crippen LogP contribution in [0.25, 0.3) is 22.4 Å². The Bertz CT molecular complexity index is 1500. The van der Waals surface area contributed by atoms with Gasteiger partial charge in [-0.05, 0) is 48.5 Å². The summed E-state index contributed by atoms with van der Waals surface area (Å²) in [5, 5.41) is 12.2. The number of carbonyl (C=O) groups excluding carboxylic acids is 1. The average Bonchev–Trinajstić information content (AvgIpc) is 3.32. The third kappa shape index (κ3) is 4.36. The molecule has 1 amide bonds. The Labute approximate surface area is 196 Å². The van der Waals surface area contributed by atoms with E-state index in [0.717, 1.165) is 22.2 Å². The molecule has 0 fully saturated rings. The van der Waals surface area contributed by atoms with Crippen LogP contribution in [0.2, 0.25) is 0 Å². The standard InChI is InChI=1S/C28H20N4O2/c29-17-20-8-1-2-9-21(20)18-34-22-11-7-10-19(16-22)28(33)32-24-13-4-3-12-23(24)27-30-25-14-5-6-15-26(25)31-27/h1-16H,18H2,(H,30,31)(H,32,33). The van der Waals surface area contributed by atoms with Gasteiger partial charge in [0.25, 0.3) is 5.91 Å². The second-order valence-corrected chi connectivity index (χ2v) is 7.69. The molecule has 0 aliphatic carbocycles. The minimum Gasteiger partial charge on any atom is -0.489 e. The molecule has 164 valence electrons. The monoisotopic (exact) mass is 444 g/mol. The van der Waals surface area contributed by atoms with Crippen molar-refractivity contribution in [3.8, 4) is 23.2 Å². The Morgan fingerprint density at radius 3 is 2.62 bits per heavy atom. The fourth-order valence-corrected chi connectivity index (χ4v) is 3.72. The van der Waals surface area contributed by atoms with Gasteiger partial charge in [0, 0.05) is 16.7 Å². The van der Waals surface area contributed by atoms with Crippen molar-refractivity contribution in [2.75, 3.05) is 5.32 Å². The van der Waals surface area contributed by atoms with Gasteiger partial charge in [0.1, 0.15) is 18.2 Å². The molecule has 0 aliphatic heterocycles. The first-order valence-electron chi connectivity index (χ1n) is 10.8. The molecule has 0 spiro atoms. The molecule has 0 saturated heterocycles. The predicted molar refractivity (Wildman–Crippen MR) is 131 cm³/mol. The van der Waals surface area contributed by atoms with E-state index in [1.807, 2.05) is 66.7 Å². The van der Waals surface area contributed by atoms with Gasteiger partial charge in [0.15, 0.2) is 0 Å². The fourth-order valence-electron chi connectivity index (χ4n) is 3.72. The molecule has 0 radical (unpaired) electrons. The van der Waals surface area contributed by atoms with Crippen molar-refractivity contribution in [1.82, 2.24) is 9.97 Å². The number of ether oxygens (including phenoxy) is 1. The number of imidazole rings is 1. The van der Waals surface area contributed by atoms with Gasteiger partial charge in [-0.15, -0.1) is 0 Å². The molecule has 34 heavy (non-hydrogen) atoms. The minimum absolute atomic E-state index is 0.240. The predicted octanol–water partition coefficient (Wildman–Crippen LogP) is 5.93. The van der Waals surface area contributed by atoms with Crippen molar-refractivity contribution in [2.45, 2.75) is 6.61 Å². The second kappa shape index (κ2) is 9.31. The highest BCUT2D eigenvalue weighted by atomic mass is 16.5. The maximum Gasteiger partial charge on any atom is 0.255 e. The number of amides is 1. The Kier molecular flexibility index (Phi) is 5.74. The first kappa shape index (κ1) is 21.0. The van der Waals surface area contributed by atoms with Gasteiger partial charge in [-0.2, -0.15) is 5.26 Å². The number of nitrogens with one attached hydrogen (secondary N) is 2. The van der Waals surface area contributed by atoms with Crippen LogP contribution in [0.3, 0.4) is 0 Å². The molecule has 4 aromatic carbocycles. The molecular weight excluding hydrogens is 424 g/mol. The molecule has 1 aromatic heterocycles. The van der Waals surface area contributed by atoms with Crippen molar-refractivity contribution in [1.29, 1.82) is 5.26 Å². The lowest BCUT2D eigenvalue weighted by molar-refractivity contribution is 0.102. The number of aromatic nitrogens is 2. The number of anilines is 1. The van der Waals surface area contributed by atoms with E-state index in [1.54, 1.807) is 30.3 Å². The van der Waals surface area contributed by atoms with Gasteiger partial charge < -0.3 is 15.0 Å². The number of hydrogen-bond donors (Lipinski definition) is 2. The van der Waals surface area contributed by atoms with Crippen LogP contribution in [0.5, 0.6) is 5.75 Å². The van der Waals surface area contributed by atoms with E-state index in [2.05, 4.69) is 21.4 Å². The van der Waals surface area contributed by atoms with Crippen molar-refractivity contribution in [3.05, 3.63) is 114 Å². The molecule has 2 N–H and O–H groups in total. The van der Waals surface area contributed by atoms with Crippen molar-refractivity contribution in [2.24, 2.45) is 0 Å². The second-order valence-electron chi connectivity index (χ2n) is 7.69. The number of benzene rings is 4. The van der Waals surface area contributed by atoms with Crippen LogP contribution in [0.4, 0.5) is 5.69 Å². The van der Waals surface area contributed by atoms with Crippen LogP contribution >= 0.6 is 0 Å². The minimum atomic E-state index is -0.258. The summed E-state index contributed by atoms with van der Waals surface area (Å²) < 4.78 is 5.86. The zero-order valence-corrected chi connectivity index (χ0v) is 18.2. The molecular formula is C28H20N4O2. The first-order chi connectivity index (χ1) is 16.7. The van der Waals surface area contributed by atoms with Crippen LogP contribution < -0.4 is 10.1 Å². The molecule has 5 rings (SSSR count). The first-order valence-corrected chi connectivity index (χ1v) is 10.8. The van der Waals surface area contributed by atoms with Crippen molar-refractivity contribution in [3.63, 3.8) is 0 Å². The van der Waals surface area contributed by atoms with Crippen LogP contribution in [0, 0.1) is 11.3 Å². The summed E-state index contributed by atoms with van der Waals surface area (Å²) in [5.74, 6) is 0.975. The zero-order chi connectivity index (χ0) is 23.3. The van der Waals surface area contributed by atoms with E-state index in [0.29, 0.717) is 28.4 Å². The van der Waals surface area contributed by atoms with Crippen LogP contribution in [-0.2, 0) is 6.61 Å². The van der Waals surface area contributed by atoms with Crippen LogP contribution in [0.15, 0.2) is 97.1 Å². The number of H-pyrrole nitrogens is 1. The molecule has 6 heteroatoms. The molecule has 0 unspecified atom stereocenters. The molecule has 1 heterocycles. The average molecular weight is 444 g/mol. The van der Waals surface area contributed by atoms with E-state index < -0.39 is 0 Å². The largest absolute Gasteiger partial charge is 0.489 e. The SMILES string of the molecule is N#Cc1ccccc1COc1cccc(C(=O)Nc2ccccc2-c2nc3ccccc3[nH]2)c1. The normalized spacial score (nSPS) is 10.6. The number of aromatic amines is 1. The number of rotatable bonds is 6. The van der Waals surface area contributed by atoms with Gasteiger partial charge >= 0.3 is 0 Å². The van der Waals surface area contributed by atoms with Gasteiger partial charge in [0.05, 0.1) is 28.4 Å². The smallest absolute Gasteiger partial charge is 0.255 e. The highest BCUT2D eigenvalue weighted by Gasteiger charge is 2.14. The Balaban J connectivity index is 1.35. The summed E-state index contributed by atoms with van der Waals surface area (Å²) in [7, 11) is 0. The highest BCUT2D eigenvalue weighted by molar-refractivity contribution is 6.06. The topological polar surface area (TPSA) is 90.8 Å². The summed E-state index contributed by atoms with van der Waals surface area (Å²) in [6, 6.07) is 31.8. The lowest BCUT2D eigenvalue weighted by Crippen LogP contribution is -2.13. The molecule has 0 saturated carbocycles. The summed E-state index contributed by atoms with van der Waals surface area (Å²) in [4.78, 5) is 21.0. The number of carbonyl (C=O) groups is 1. The zero-order valence-electron chi connectivity index (χ0n) is 18.2. The van der Waals surface area contributed by atoms with Crippen molar-refractivity contribution < 1.29 is 9.53 Å². The number of hydrogen-bond acceptors (Lipinski definition) is 4. The molecule has 6 nitrogen and oxygen atoms in total. The number of nitriles is 1. The van der Waals surface area contributed by atoms with Gasteiger partial charge in [-0.1, -0.05) is 48.5 Å². The lowest BCUT2D eigenvalue weighted by Gasteiger charge is -2.11. The molecule has 0 aliphatic rings. The summed E-state index contributed by atoms with van der Waals surface area (Å²) >= 11 is 0. The fraction of sp³-hybridized carbons (Fsp3) is 0.0357. The van der Waals surface area contributed by atoms with E-state index in [4.69, 9.17) is 4.74 Å². The third-order valence-corrected chi connectivity index (χ3v) is 5.45. The quantitative estimate of drug-likeness (QED) is 0.339. The Morgan fingerprint density at radius 2 is 1.74 bits per heavy atom. The van der Waals surface area contributed by atoms with Gasteiger partial charge in [0.2, 0.25) is 0 Å². The Hall–Kier alpha value is -4.89. The maximum atomic E-state index is 13.1.